The Bertz CT molecular complexity index is 377. The SMILES string of the molecule is CCC(c1ccc(O)c(OC)c1)C(C)CN(C)C. The van der Waals surface area contributed by atoms with Crippen LogP contribution in [0.2, 0.25) is 0 Å². The zero-order valence-electron chi connectivity index (χ0n) is 12.1. The molecule has 0 aliphatic rings. The summed E-state index contributed by atoms with van der Waals surface area (Å²) in [6, 6.07) is 5.67. The number of phenols is 1. The Labute approximate surface area is 110 Å². The van der Waals surface area contributed by atoms with Gasteiger partial charge in [0.15, 0.2) is 11.5 Å². The lowest BCUT2D eigenvalue weighted by Gasteiger charge is -2.26. The predicted molar refractivity (Wildman–Crippen MR) is 75.4 cm³/mol. The van der Waals surface area contributed by atoms with E-state index in [-0.39, 0.29) is 5.75 Å². The Morgan fingerprint density at radius 1 is 1.33 bits per heavy atom. The molecule has 0 aliphatic carbocycles. The topological polar surface area (TPSA) is 32.7 Å². The van der Waals surface area contributed by atoms with Crippen LogP contribution in [0.1, 0.15) is 31.7 Å². The highest BCUT2D eigenvalue weighted by molar-refractivity contribution is 5.43. The number of nitrogens with zero attached hydrogens (tertiary/aromatic N) is 1. The number of aromatic hydroxyl groups is 1. The zero-order chi connectivity index (χ0) is 13.7. The van der Waals surface area contributed by atoms with Crippen LogP contribution >= 0.6 is 0 Å². The molecule has 1 N–H and O–H groups in total. The third-order valence-corrected chi connectivity index (χ3v) is 3.41. The summed E-state index contributed by atoms with van der Waals surface area (Å²) in [6.07, 6.45) is 1.09. The van der Waals surface area contributed by atoms with Crippen molar-refractivity contribution in [3.05, 3.63) is 23.8 Å². The van der Waals surface area contributed by atoms with E-state index in [1.54, 1.807) is 13.2 Å². The number of ether oxygens (including phenoxy) is 1. The van der Waals surface area contributed by atoms with Gasteiger partial charge in [0.1, 0.15) is 0 Å². The van der Waals surface area contributed by atoms with Crippen LogP contribution in [0.4, 0.5) is 0 Å². The summed E-state index contributed by atoms with van der Waals surface area (Å²) in [6.45, 7) is 5.53. The number of methoxy groups -OCH3 is 1. The molecule has 0 heterocycles. The molecule has 0 bridgehead atoms. The van der Waals surface area contributed by atoms with Crippen molar-refractivity contribution < 1.29 is 9.84 Å². The Morgan fingerprint density at radius 3 is 2.50 bits per heavy atom. The lowest BCUT2D eigenvalue weighted by Crippen LogP contribution is -2.24. The van der Waals surface area contributed by atoms with Crippen molar-refractivity contribution in [1.82, 2.24) is 4.90 Å². The second-order valence-electron chi connectivity index (χ2n) is 5.19. The van der Waals surface area contributed by atoms with E-state index in [0.29, 0.717) is 17.6 Å². The Balaban J connectivity index is 2.94. The van der Waals surface area contributed by atoms with E-state index >= 15 is 0 Å². The second kappa shape index (κ2) is 6.64. The molecule has 2 unspecified atom stereocenters. The molecule has 1 aromatic carbocycles. The Hall–Kier alpha value is -1.22. The standard InChI is InChI=1S/C15H25NO2/c1-6-13(11(2)10-16(3)4)12-7-8-14(17)15(9-12)18-5/h7-9,11,13,17H,6,10H2,1-5H3. The summed E-state index contributed by atoms with van der Waals surface area (Å²) in [4.78, 5) is 2.21. The summed E-state index contributed by atoms with van der Waals surface area (Å²) in [7, 11) is 5.78. The predicted octanol–water partition coefficient (Wildman–Crippen LogP) is 3.09. The molecule has 1 rings (SSSR count). The molecule has 0 radical (unpaired) electrons. The molecule has 102 valence electrons. The molecular weight excluding hydrogens is 226 g/mol. The number of rotatable bonds is 6. The average molecular weight is 251 g/mol. The van der Waals surface area contributed by atoms with Gasteiger partial charge >= 0.3 is 0 Å². The van der Waals surface area contributed by atoms with Gasteiger partial charge in [-0.2, -0.15) is 0 Å². The molecule has 18 heavy (non-hydrogen) atoms. The number of hydrogen-bond acceptors (Lipinski definition) is 3. The second-order valence-corrected chi connectivity index (χ2v) is 5.19. The van der Waals surface area contributed by atoms with Gasteiger partial charge in [0.05, 0.1) is 7.11 Å². The molecule has 0 saturated heterocycles. The van der Waals surface area contributed by atoms with E-state index in [4.69, 9.17) is 4.74 Å². The summed E-state index contributed by atoms with van der Waals surface area (Å²) < 4.78 is 5.18. The van der Waals surface area contributed by atoms with Gasteiger partial charge in [-0.15, -0.1) is 0 Å². The van der Waals surface area contributed by atoms with Crippen LogP contribution in [0, 0.1) is 5.92 Å². The maximum atomic E-state index is 9.64. The van der Waals surface area contributed by atoms with Crippen LogP contribution in [-0.4, -0.2) is 37.8 Å². The van der Waals surface area contributed by atoms with Gasteiger partial charge in [0.25, 0.3) is 0 Å². The molecule has 3 heteroatoms. The Morgan fingerprint density at radius 2 is 2.00 bits per heavy atom. The molecular formula is C15H25NO2. The van der Waals surface area contributed by atoms with Crippen molar-refractivity contribution in [2.75, 3.05) is 27.7 Å². The largest absolute Gasteiger partial charge is 0.504 e. The van der Waals surface area contributed by atoms with E-state index in [0.717, 1.165) is 13.0 Å². The molecule has 0 aromatic heterocycles. The first-order valence-corrected chi connectivity index (χ1v) is 6.51. The van der Waals surface area contributed by atoms with Crippen LogP contribution in [0.15, 0.2) is 18.2 Å². The molecule has 1 aromatic rings. The number of phenolic OH excluding ortho intramolecular Hbond substituents is 1. The first-order chi connectivity index (χ1) is 8.49. The molecule has 0 fully saturated rings. The first-order valence-electron chi connectivity index (χ1n) is 6.51. The van der Waals surface area contributed by atoms with Gasteiger partial charge in [0, 0.05) is 6.54 Å². The van der Waals surface area contributed by atoms with Crippen molar-refractivity contribution in [2.24, 2.45) is 5.92 Å². The van der Waals surface area contributed by atoms with E-state index in [1.807, 2.05) is 12.1 Å². The highest BCUT2D eigenvalue weighted by Gasteiger charge is 2.19. The van der Waals surface area contributed by atoms with Crippen LogP contribution in [0.3, 0.4) is 0 Å². The smallest absolute Gasteiger partial charge is 0.160 e. The van der Waals surface area contributed by atoms with E-state index < -0.39 is 0 Å². The third-order valence-electron chi connectivity index (χ3n) is 3.41. The lowest BCUT2D eigenvalue weighted by molar-refractivity contribution is 0.300. The van der Waals surface area contributed by atoms with Crippen molar-refractivity contribution in [2.45, 2.75) is 26.2 Å². The lowest BCUT2D eigenvalue weighted by atomic mass is 9.85. The highest BCUT2D eigenvalue weighted by Crippen LogP contribution is 2.34. The summed E-state index contributed by atoms with van der Waals surface area (Å²) in [5.74, 6) is 1.82. The minimum Gasteiger partial charge on any atom is -0.504 e. The molecule has 0 amide bonds. The van der Waals surface area contributed by atoms with Crippen molar-refractivity contribution in [3.63, 3.8) is 0 Å². The average Bonchev–Trinajstić information content (AvgIpc) is 2.31. The summed E-state index contributed by atoms with van der Waals surface area (Å²) >= 11 is 0. The van der Waals surface area contributed by atoms with E-state index in [2.05, 4.69) is 32.8 Å². The fourth-order valence-corrected chi connectivity index (χ4v) is 2.59. The number of hydrogen-bond donors (Lipinski definition) is 1. The maximum Gasteiger partial charge on any atom is 0.160 e. The normalized spacial score (nSPS) is 14.6. The zero-order valence-corrected chi connectivity index (χ0v) is 12.1. The van der Waals surface area contributed by atoms with Crippen molar-refractivity contribution >= 4 is 0 Å². The fraction of sp³-hybridized carbons (Fsp3) is 0.600. The van der Waals surface area contributed by atoms with Crippen molar-refractivity contribution in [1.29, 1.82) is 0 Å². The van der Waals surface area contributed by atoms with Crippen LogP contribution in [-0.2, 0) is 0 Å². The number of benzene rings is 1. The van der Waals surface area contributed by atoms with Gasteiger partial charge in [0.2, 0.25) is 0 Å². The molecule has 2 atom stereocenters. The van der Waals surface area contributed by atoms with Gasteiger partial charge in [-0.05, 0) is 50.0 Å². The summed E-state index contributed by atoms with van der Waals surface area (Å²) in [5, 5.41) is 9.64. The van der Waals surface area contributed by atoms with Gasteiger partial charge in [-0.1, -0.05) is 19.9 Å². The minimum absolute atomic E-state index is 0.205. The fourth-order valence-electron chi connectivity index (χ4n) is 2.59. The summed E-state index contributed by atoms with van der Waals surface area (Å²) in [5.41, 5.74) is 1.24. The van der Waals surface area contributed by atoms with E-state index in [1.165, 1.54) is 5.56 Å². The first kappa shape index (κ1) is 14.8. The van der Waals surface area contributed by atoms with Crippen LogP contribution in [0.25, 0.3) is 0 Å². The molecule has 0 aliphatic heterocycles. The molecule has 0 spiro atoms. The van der Waals surface area contributed by atoms with Crippen LogP contribution in [0.5, 0.6) is 11.5 Å². The van der Waals surface area contributed by atoms with Gasteiger partial charge in [-0.3, -0.25) is 0 Å². The molecule has 3 nitrogen and oxygen atoms in total. The highest BCUT2D eigenvalue weighted by atomic mass is 16.5. The maximum absolute atomic E-state index is 9.64. The minimum atomic E-state index is 0.205. The van der Waals surface area contributed by atoms with Crippen LogP contribution < -0.4 is 4.74 Å². The third kappa shape index (κ3) is 3.64. The van der Waals surface area contributed by atoms with Gasteiger partial charge < -0.3 is 14.7 Å². The van der Waals surface area contributed by atoms with Gasteiger partial charge in [-0.25, -0.2) is 0 Å². The molecule has 0 saturated carbocycles. The van der Waals surface area contributed by atoms with Crippen molar-refractivity contribution in [3.8, 4) is 11.5 Å². The quantitative estimate of drug-likeness (QED) is 0.843. The monoisotopic (exact) mass is 251 g/mol. The van der Waals surface area contributed by atoms with E-state index in [9.17, 15) is 5.11 Å². The Kier molecular flexibility index (Phi) is 5.48.